The molecule has 0 bridgehead atoms. The SMILES string of the molecule is C=C[C@@H](C)n1c(=O)c2c(nc3n(-c4ccccc4Cl)c(C)cn23)n(C)c1=O. The Morgan fingerprint density at radius 1 is 1.26 bits per heavy atom. The van der Waals surface area contributed by atoms with Crippen molar-refractivity contribution in [2.45, 2.75) is 19.9 Å². The van der Waals surface area contributed by atoms with E-state index in [1.54, 1.807) is 30.5 Å². The topological polar surface area (TPSA) is 66.2 Å². The first-order chi connectivity index (χ1) is 12.9. The molecule has 3 aromatic heterocycles. The van der Waals surface area contributed by atoms with Crippen LogP contribution in [0.4, 0.5) is 0 Å². The van der Waals surface area contributed by atoms with Gasteiger partial charge in [0.2, 0.25) is 5.78 Å². The van der Waals surface area contributed by atoms with E-state index in [0.29, 0.717) is 22.0 Å². The number of allylic oxidation sites excluding steroid dienone is 1. The molecule has 7 nitrogen and oxygen atoms in total. The summed E-state index contributed by atoms with van der Waals surface area (Å²) in [7, 11) is 1.61. The van der Waals surface area contributed by atoms with Crippen LogP contribution in [0, 0.1) is 6.92 Å². The molecule has 0 amide bonds. The second-order valence-electron chi connectivity index (χ2n) is 6.50. The van der Waals surface area contributed by atoms with Crippen molar-refractivity contribution in [2.24, 2.45) is 7.05 Å². The lowest BCUT2D eigenvalue weighted by Crippen LogP contribution is -2.40. The first kappa shape index (κ1) is 17.4. The van der Waals surface area contributed by atoms with E-state index in [0.717, 1.165) is 11.4 Å². The molecule has 138 valence electrons. The Balaban J connectivity index is 2.20. The smallest absolute Gasteiger partial charge is 0.281 e. The molecule has 27 heavy (non-hydrogen) atoms. The van der Waals surface area contributed by atoms with Crippen molar-refractivity contribution in [3.8, 4) is 5.69 Å². The molecule has 3 heterocycles. The molecule has 0 saturated carbocycles. The van der Waals surface area contributed by atoms with Gasteiger partial charge >= 0.3 is 5.69 Å². The third kappa shape index (κ3) is 2.31. The van der Waals surface area contributed by atoms with E-state index in [2.05, 4.69) is 11.6 Å². The van der Waals surface area contributed by atoms with E-state index in [1.165, 1.54) is 9.13 Å². The standard InChI is InChI=1S/C19H18ClN5O2/c1-5-11(2)25-17(26)15-16(22(4)19(25)27)21-18-23(15)10-12(3)24(18)14-9-7-6-8-13(14)20/h5-11H,1H2,2-4H3/t11-/m1/s1. The number of para-hydroxylation sites is 1. The predicted octanol–water partition coefficient (Wildman–Crippen LogP) is 2.85. The van der Waals surface area contributed by atoms with Gasteiger partial charge in [-0.25, -0.2) is 4.79 Å². The summed E-state index contributed by atoms with van der Waals surface area (Å²) >= 11 is 6.37. The third-order valence-electron chi connectivity index (χ3n) is 4.82. The van der Waals surface area contributed by atoms with Gasteiger partial charge in [-0.05, 0) is 26.0 Å². The molecule has 0 aliphatic rings. The number of aryl methyl sites for hydroxylation is 2. The molecule has 1 aromatic carbocycles. The number of hydrogen-bond acceptors (Lipinski definition) is 3. The summed E-state index contributed by atoms with van der Waals surface area (Å²) < 4.78 is 6.15. The third-order valence-corrected chi connectivity index (χ3v) is 5.14. The molecular weight excluding hydrogens is 366 g/mol. The lowest BCUT2D eigenvalue weighted by atomic mass is 10.3. The first-order valence-corrected chi connectivity index (χ1v) is 8.83. The molecule has 4 rings (SSSR count). The minimum absolute atomic E-state index is 0.327. The van der Waals surface area contributed by atoms with Crippen molar-refractivity contribution in [1.82, 2.24) is 23.1 Å². The number of imidazole rings is 2. The molecule has 1 atom stereocenters. The molecule has 0 spiro atoms. The minimum Gasteiger partial charge on any atom is -0.281 e. The van der Waals surface area contributed by atoms with E-state index in [1.807, 2.05) is 35.9 Å². The number of rotatable bonds is 3. The highest BCUT2D eigenvalue weighted by molar-refractivity contribution is 6.32. The van der Waals surface area contributed by atoms with Crippen LogP contribution in [0.3, 0.4) is 0 Å². The number of nitrogens with zero attached hydrogens (tertiary/aromatic N) is 5. The largest absolute Gasteiger partial charge is 0.333 e. The Kier molecular flexibility index (Phi) is 3.85. The molecule has 4 aromatic rings. The summed E-state index contributed by atoms with van der Waals surface area (Å²) in [6, 6.07) is 6.98. The van der Waals surface area contributed by atoms with Gasteiger partial charge in [-0.15, -0.1) is 6.58 Å². The molecule has 0 N–H and O–H groups in total. The average Bonchev–Trinajstić information content (AvgIpc) is 3.15. The Hall–Kier alpha value is -3.06. The van der Waals surface area contributed by atoms with Crippen LogP contribution in [0.1, 0.15) is 18.7 Å². The predicted molar refractivity (Wildman–Crippen MR) is 106 cm³/mol. The van der Waals surface area contributed by atoms with Crippen molar-refractivity contribution in [2.75, 3.05) is 0 Å². The fourth-order valence-electron chi connectivity index (χ4n) is 3.37. The summed E-state index contributed by atoms with van der Waals surface area (Å²) in [5.74, 6) is 0.520. The lowest BCUT2D eigenvalue weighted by molar-refractivity contribution is 0.574. The highest BCUT2D eigenvalue weighted by Crippen LogP contribution is 2.26. The maximum absolute atomic E-state index is 13.1. The number of benzene rings is 1. The molecular formula is C19H18ClN5O2. The Labute approximate surface area is 159 Å². The van der Waals surface area contributed by atoms with Gasteiger partial charge in [-0.2, -0.15) is 4.98 Å². The number of aromatic nitrogens is 5. The Morgan fingerprint density at radius 3 is 2.63 bits per heavy atom. The second kappa shape index (κ2) is 5.99. The van der Waals surface area contributed by atoms with E-state index < -0.39 is 17.3 Å². The van der Waals surface area contributed by atoms with E-state index in [4.69, 9.17) is 11.6 Å². The summed E-state index contributed by atoms with van der Waals surface area (Å²) in [6.45, 7) is 7.36. The van der Waals surface area contributed by atoms with Gasteiger partial charge in [0.25, 0.3) is 5.56 Å². The highest BCUT2D eigenvalue weighted by Gasteiger charge is 2.22. The van der Waals surface area contributed by atoms with Crippen molar-refractivity contribution in [1.29, 1.82) is 0 Å². The molecule has 0 radical (unpaired) electrons. The number of fused-ring (bicyclic) bond motifs is 3. The number of hydrogen-bond donors (Lipinski definition) is 0. The maximum atomic E-state index is 13.1. The molecule has 0 fully saturated rings. The molecule has 8 heteroatoms. The van der Waals surface area contributed by atoms with Gasteiger partial charge in [0.05, 0.1) is 16.8 Å². The van der Waals surface area contributed by atoms with Crippen molar-refractivity contribution >= 4 is 28.5 Å². The summed E-state index contributed by atoms with van der Waals surface area (Å²) in [4.78, 5) is 30.4. The van der Waals surface area contributed by atoms with Crippen LogP contribution in [0.15, 0.2) is 52.7 Å². The molecule has 0 saturated heterocycles. The Morgan fingerprint density at radius 2 is 1.96 bits per heavy atom. The number of halogens is 1. The maximum Gasteiger partial charge on any atom is 0.333 e. The molecule has 0 aliphatic carbocycles. The summed E-state index contributed by atoms with van der Waals surface area (Å²) in [5, 5.41) is 0.567. The van der Waals surface area contributed by atoms with Crippen molar-refractivity contribution in [3.05, 3.63) is 74.7 Å². The first-order valence-electron chi connectivity index (χ1n) is 8.46. The van der Waals surface area contributed by atoms with Crippen LogP contribution in [-0.4, -0.2) is 23.1 Å². The fraction of sp³-hybridized carbons (Fsp3) is 0.211. The molecule has 0 unspecified atom stereocenters. The van der Waals surface area contributed by atoms with Crippen LogP contribution >= 0.6 is 11.6 Å². The van der Waals surface area contributed by atoms with Gasteiger partial charge in [-0.3, -0.25) is 22.9 Å². The highest BCUT2D eigenvalue weighted by atomic mass is 35.5. The van der Waals surface area contributed by atoms with E-state index in [9.17, 15) is 9.59 Å². The van der Waals surface area contributed by atoms with Gasteiger partial charge in [0, 0.05) is 18.9 Å². The fourth-order valence-corrected chi connectivity index (χ4v) is 3.59. The van der Waals surface area contributed by atoms with Crippen LogP contribution in [0.25, 0.3) is 22.6 Å². The van der Waals surface area contributed by atoms with Gasteiger partial charge in [-0.1, -0.05) is 29.8 Å². The van der Waals surface area contributed by atoms with Crippen molar-refractivity contribution in [3.63, 3.8) is 0 Å². The van der Waals surface area contributed by atoms with Crippen LogP contribution < -0.4 is 11.2 Å². The molecule has 0 aliphatic heterocycles. The normalized spacial score (nSPS) is 12.7. The van der Waals surface area contributed by atoms with Gasteiger partial charge < -0.3 is 0 Å². The summed E-state index contributed by atoms with van der Waals surface area (Å²) in [6.07, 6.45) is 3.38. The lowest BCUT2D eigenvalue weighted by Gasteiger charge is -2.11. The van der Waals surface area contributed by atoms with E-state index in [-0.39, 0.29) is 0 Å². The Bertz CT molecular complexity index is 1340. The average molecular weight is 384 g/mol. The van der Waals surface area contributed by atoms with E-state index >= 15 is 0 Å². The van der Waals surface area contributed by atoms with Crippen LogP contribution in [0.2, 0.25) is 5.02 Å². The quantitative estimate of drug-likeness (QED) is 0.511. The second-order valence-corrected chi connectivity index (χ2v) is 6.91. The summed E-state index contributed by atoms with van der Waals surface area (Å²) in [5.41, 5.74) is 1.46. The van der Waals surface area contributed by atoms with Crippen LogP contribution in [-0.2, 0) is 7.05 Å². The van der Waals surface area contributed by atoms with Gasteiger partial charge in [0.1, 0.15) is 0 Å². The zero-order valence-electron chi connectivity index (χ0n) is 15.2. The van der Waals surface area contributed by atoms with Crippen LogP contribution in [0.5, 0.6) is 0 Å². The van der Waals surface area contributed by atoms with Gasteiger partial charge in [0.15, 0.2) is 11.2 Å². The zero-order valence-corrected chi connectivity index (χ0v) is 15.9. The minimum atomic E-state index is -0.432. The zero-order chi connectivity index (χ0) is 19.5. The van der Waals surface area contributed by atoms with Crippen molar-refractivity contribution < 1.29 is 0 Å². The monoisotopic (exact) mass is 383 g/mol.